The average molecular weight is 370 g/mol. The molecular formula is C19H22N4O2S. The van der Waals surface area contributed by atoms with Gasteiger partial charge in [0.25, 0.3) is 0 Å². The first-order valence-corrected chi connectivity index (χ1v) is 9.71. The number of para-hydroxylation sites is 2. The van der Waals surface area contributed by atoms with Crippen molar-refractivity contribution in [2.75, 3.05) is 10.2 Å². The number of benzene rings is 1. The van der Waals surface area contributed by atoms with Gasteiger partial charge in [0.1, 0.15) is 5.54 Å². The molecule has 0 bridgehead atoms. The second-order valence-corrected chi connectivity index (χ2v) is 8.62. The Bertz CT molecular complexity index is 872. The lowest BCUT2D eigenvalue weighted by atomic mass is 9.96. The molecule has 0 unspecified atom stereocenters. The fourth-order valence-corrected chi connectivity index (χ4v) is 4.23. The predicted molar refractivity (Wildman–Crippen MR) is 102 cm³/mol. The first kappa shape index (κ1) is 17.1. The zero-order valence-electron chi connectivity index (χ0n) is 15.1. The van der Waals surface area contributed by atoms with Crippen molar-refractivity contribution in [2.24, 2.45) is 0 Å². The Morgan fingerprint density at radius 1 is 1.35 bits per heavy atom. The number of fused-ring (bicyclic) bond motifs is 1. The van der Waals surface area contributed by atoms with Gasteiger partial charge in [0.2, 0.25) is 11.8 Å². The van der Waals surface area contributed by atoms with Gasteiger partial charge in [-0.05, 0) is 45.7 Å². The second kappa shape index (κ2) is 6.16. The number of thioether (sulfide) groups is 1. The maximum absolute atomic E-state index is 13.3. The molecule has 1 aromatic heterocycles. The van der Waals surface area contributed by atoms with E-state index in [9.17, 15) is 9.59 Å². The van der Waals surface area contributed by atoms with Gasteiger partial charge in [0, 0.05) is 18.4 Å². The molecule has 2 heterocycles. The summed E-state index contributed by atoms with van der Waals surface area (Å²) in [4.78, 5) is 31.9. The molecule has 1 aliphatic heterocycles. The van der Waals surface area contributed by atoms with Crippen molar-refractivity contribution in [2.45, 2.75) is 55.6 Å². The van der Waals surface area contributed by atoms with Gasteiger partial charge in [-0.15, -0.1) is 0 Å². The molecule has 0 saturated heterocycles. The summed E-state index contributed by atoms with van der Waals surface area (Å²) in [6, 6.07) is 7.94. The number of hydrogen-bond donors (Lipinski definition) is 1. The summed E-state index contributed by atoms with van der Waals surface area (Å²) >= 11 is 1.45. The largest absolute Gasteiger partial charge is 0.323 e. The Balaban J connectivity index is 1.63. The normalized spacial score (nSPS) is 19.7. The van der Waals surface area contributed by atoms with E-state index in [0.29, 0.717) is 11.7 Å². The van der Waals surface area contributed by atoms with Gasteiger partial charge < -0.3 is 9.88 Å². The smallest absolute Gasteiger partial charge is 0.250 e. The number of nitrogens with zero attached hydrogens (tertiary/aromatic N) is 3. The molecule has 7 heteroatoms. The minimum atomic E-state index is -0.952. The van der Waals surface area contributed by atoms with Crippen LogP contribution in [0.4, 0.5) is 11.4 Å². The number of carbonyl (C=O) groups excluding carboxylic acids is 2. The highest BCUT2D eigenvalue weighted by Gasteiger charge is 2.45. The van der Waals surface area contributed by atoms with Gasteiger partial charge >= 0.3 is 0 Å². The molecule has 136 valence electrons. The minimum Gasteiger partial charge on any atom is -0.323 e. The number of carbonyl (C=O) groups is 2. The molecule has 2 aromatic rings. The van der Waals surface area contributed by atoms with Crippen molar-refractivity contribution in [3.05, 3.63) is 36.7 Å². The predicted octanol–water partition coefficient (Wildman–Crippen LogP) is 3.46. The topological polar surface area (TPSA) is 67.2 Å². The summed E-state index contributed by atoms with van der Waals surface area (Å²) in [5, 5.41) is 3.40. The van der Waals surface area contributed by atoms with Crippen molar-refractivity contribution in [3.63, 3.8) is 0 Å². The molecule has 2 amide bonds. The van der Waals surface area contributed by atoms with E-state index in [1.807, 2.05) is 37.4 Å². The van der Waals surface area contributed by atoms with Crippen LogP contribution in [0.1, 0.15) is 39.7 Å². The van der Waals surface area contributed by atoms with Crippen molar-refractivity contribution in [3.8, 4) is 0 Å². The summed E-state index contributed by atoms with van der Waals surface area (Å²) in [5.41, 5.74) is 0.452. The molecule has 0 spiro atoms. The molecule has 4 rings (SSSR count). The maximum Gasteiger partial charge on any atom is 0.250 e. The fraction of sp³-hybridized carbons (Fsp3) is 0.421. The van der Waals surface area contributed by atoms with E-state index in [0.717, 1.165) is 10.8 Å². The van der Waals surface area contributed by atoms with E-state index in [1.165, 1.54) is 24.6 Å². The van der Waals surface area contributed by atoms with Gasteiger partial charge in [-0.25, -0.2) is 4.98 Å². The van der Waals surface area contributed by atoms with Gasteiger partial charge in [-0.1, -0.05) is 23.9 Å². The molecule has 6 nitrogen and oxygen atoms in total. The lowest BCUT2D eigenvalue weighted by molar-refractivity contribution is -0.126. The molecule has 26 heavy (non-hydrogen) atoms. The van der Waals surface area contributed by atoms with Crippen LogP contribution in [0.15, 0.2) is 41.8 Å². The first-order valence-electron chi connectivity index (χ1n) is 8.83. The van der Waals surface area contributed by atoms with Crippen molar-refractivity contribution in [1.82, 2.24) is 9.55 Å². The maximum atomic E-state index is 13.3. The number of imidazole rings is 1. The molecule has 1 fully saturated rings. The third kappa shape index (κ3) is 2.80. The number of nitrogens with one attached hydrogen (secondary N) is 1. The number of rotatable bonds is 4. The zero-order chi connectivity index (χ0) is 18.5. The molecule has 1 saturated carbocycles. The number of anilines is 2. The van der Waals surface area contributed by atoms with Crippen LogP contribution >= 0.6 is 11.8 Å². The zero-order valence-corrected chi connectivity index (χ0v) is 15.9. The highest BCUT2D eigenvalue weighted by Crippen LogP contribution is 2.41. The Kier molecular flexibility index (Phi) is 4.06. The fourth-order valence-electron chi connectivity index (χ4n) is 3.26. The van der Waals surface area contributed by atoms with Crippen molar-refractivity contribution < 1.29 is 9.59 Å². The SMILES string of the molecule is C[C@@H](Sc1nccn1C1CC1)C(=O)N1c2ccccc2NC(=O)C1(C)C. The van der Waals surface area contributed by atoms with E-state index in [4.69, 9.17) is 0 Å². The van der Waals surface area contributed by atoms with Crippen LogP contribution in [0.25, 0.3) is 0 Å². The van der Waals surface area contributed by atoms with E-state index in [1.54, 1.807) is 24.9 Å². The molecular weight excluding hydrogens is 348 g/mol. The quantitative estimate of drug-likeness (QED) is 0.837. The molecule has 0 radical (unpaired) electrons. The summed E-state index contributed by atoms with van der Waals surface area (Å²) in [7, 11) is 0. The van der Waals surface area contributed by atoms with E-state index < -0.39 is 5.54 Å². The highest BCUT2D eigenvalue weighted by atomic mass is 32.2. The van der Waals surface area contributed by atoms with Crippen LogP contribution in [-0.2, 0) is 9.59 Å². The van der Waals surface area contributed by atoms with Gasteiger partial charge in [0.05, 0.1) is 16.6 Å². The van der Waals surface area contributed by atoms with E-state index in [-0.39, 0.29) is 17.1 Å². The van der Waals surface area contributed by atoms with Crippen LogP contribution in [0.3, 0.4) is 0 Å². The standard InChI is InChI=1S/C19H22N4O2S/c1-12(26-18-20-10-11-22(18)13-8-9-13)16(24)23-15-7-5-4-6-14(15)21-17(25)19(23,2)3/h4-7,10-13H,8-9H2,1-3H3,(H,21,25)/t12-/m1/s1. The minimum absolute atomic E-state index is 0.0901. The average Bonchev–Trinajstić information content (AvgIpc) is 3.35. The molecule has 1 aliphatic carbocycles. The Labute approximate surface area is 157 Å². The van der Waals surface area contributed by atoms with Crippen molar-refractivity contribution >= 4 is 35.0 Å². The van der Waals surface area contributed by atoms with Crippen LogP contribution in [0.2, 0.25) is 0 Å². The Hall–Kier alpha value is -2.28. The third-order valence-electron chi connectivity index (χ3n) is 4.93. The second-order valence-electron chi connectivity index (χ2n) is 7.31. The summed E-state index contributed by atoms with van der Waals surface area (Å²) < 4.78 is 2.15. The molecule has 1 aromatic carbocycles. The van der Waals surface area contributed by atoms with Gasteiger partial charge in [0.15, 0.2) is 5.16 Å². The van der Waals surface area contributed by atoms with Crippen LogP contribution in [-0.4, -0.2) is 32.2 Å². The number of hydrogen-bond acceptors (Lipinski definition) is 4. The lowest BCUT2D eigenvalue weighted by Crippen LogP contribution is -2.60. The molecule has 1 atom stereocenters. The van der Waals surface area contributed by atoms with Crippen LogP contribution in [0, 0.1) is 0 Å². The lowest BCUT2D eigenvalue weighted by Gasteiger charge is -2.43. The summed E-state index contributed by atoms with van der Waals surface area (Å²) in [6.45, 7) is 5.43. The first-order chi connectivity index (χ1) is 12.4. The summed E-state index contributed by atoms with van der Waals surface area (Å²) in [6.07, 6.45) is 6.09. The summed E-state index contributed by atoms with van der Waals surface area (Å²) in [5.74, 6) is -0.270. The number of amides is 2. The third-order valence-corrected chi connectivity index (χ3v) is 6.01. The van der Waals surface area contributed by atoms with Crippen molar-refractivity contribution in [1.29, 1.82) is 0 Å². The van der Waals surface area contributed by atoms with E-state index in [2.05, 4.69) is 14.9 Å². The highest BCUT2D eigenvalue weighted by molar-refractivity contribution is 8.00. The monoisotopic (exact) mass is 370 g/mol. The van der Waals surface area contributed by atoms with Gasteiger partial charge in [-0.2, -0.15) is 0 Å². The number of aromatic nitrogens is 2. The Morgan fingerprint density at radius 3 is 2.81 bits per heavy atom. The van der Waals surface area contributed by atoms with Crippen LogP contribution in [0.5, 0.6) is 0 Å². The van der Waals surface area contributed by atoms with E-state index >= 15 is 0 Å². The van der Waals surface area contributed by atoms with Gasteiger partial charge in [-0.3, -0.25) is 14.5 Å². The molecule has 1 N–H and O–H groups in total. The van der Waals surface area contributed by atoms with Crippen LogP contribution < -0.4 is 10.2 Å². The molecule has 2 aliphatic rings. The Morgan fingerprint density at radius 2 is 2.08 bits per heavy atom.